The van der Waals surface area contributed by atoms with Crippen molar-refractivity contribution in [1.82, 2.24) is 9.55 Å². The molecule has 0 spiro atoms. The Labute approximate surface area is 109 Å². The van der Waals surface area contributed by atoms with E-state index in [-0.39, 0.29) is 18.3 Å². The molecule has 0 fully saturated rings. The SMILES string of the molecule is CC(=O)OCCCn1c(=O)[nH]c2cc(C#N)ccc21. The van der Waals surface area contributed by atoms with E-state index < -0.39 is 0 Å². The van der Waals surface area contributed by atoms with Crippen LogP contribution >= 0.6 is 0 Å². The van der Waals surface area contributed by atoms with Gasteiger partial charge < -0.3 is 9.72 Å². The summed E-state index contributed by atoms with van der Waals surface area (Å²) in [5, 5.41) is 8.80. The summed E-state index contributed by atoms with van der Waals surface area (Å²) in [5.41, 5.74) is 1.65. The number of aromatic amines is 1. The molecule has 0 unspecified atom stereocenters. The Morgan fingerprint density at radius 3 is 3.00 bits per heavy atom. The first-order valence-electron chi connectivity index (χ1n) is 5.88. The van der Waals surface area contributed by atoms with E-state index in [1.807, 2.05) is 6.07 Å². The molecule has 2 aromatic rings. The lowest BCUT2D eigenvalue weighted by molar-refractivity contribution is -0.141. The number of nitrogens with one attached hydrogen (secondary N) is 1. The number of carbonyl (C=O) groups excluding carboxylic acids is 1. The Balaban J connectivity index is 2.19. The minimum Gasteiger partial charge on any atom is -0.466 e. The summed E-state index contributed by atoms with van der Waals surface area (Å²) >= 11 is 0. The van der Waals surface area contributed by atoms with Crippen molar-refractivity contribution < 1.29 is 9.53 Å². The van der Waals surface area contributed by atoms with Crippen molar-refractivity contribution in [3.63, 3.8) is 0 Å². The van der Waals surface area contributed by atoms with Gasteiger partial charge in [-0.2, -0.15) is 5.26 Å². The van der Waals surface area contributed by atoms with Crippen LogP contribution in [0.1, 0.15) is 18.9 Å². The van der Waals surface area contributed by atoms with Crippen LogP contribution in [0.25, 0.3) is 11.0 Å². The van der Waals surface area contributed by atoms with E-state index in [1.54, 1.807) is 22.8 Å². The lowest BCUT2D eigenvalue weighted by atomic mass is 10.2. The van der Waals surface area contributed by atoms with Crippen molar-refractivity contribution in [2.24, 2.45) is 0 Å². The van der Waals surface area contributed by atoms with E-state index in [2.05, 4.69) is 4.98 Å². The fourth-order valence-electron chi connectivity index (χ4n) is 1.89. The normalized spacial score (nSPS) is 10.3. The number of nitrogens with zero attached hydrogens (tertiary/aromatic N) is 2. The largest absolute Gasteiger partial charge is 0.466 e. The predicted molar refractivity (Wildman–Crippen MR) is 68.5 cm³/mol. The molecule has 0 aliphatic rings. The third kappa shape index (κ3) is 2.83. The number of aromatic nitrogens is 2. The zero-order chi connectivity index (χ0) is 13.8. The first-order valence-corrected chi connectivity index (χ1v) is 5.88. The minimum absolute atomic E-state index is 0.229. The van der Waals surface area contributed by atoms with E-state index in [4.69, 9.17) is 10.00 Å². The van der Waals surface area contributed by atoms with Gasteiger partial charge in [-0.3, -0.25) is 9.36 Å². The third-order valence-corrected chi connectivity index (χ3v) is 2.73. The molecule has 1 aromatic heterocycles. The van der Waals surface area contributed by atoms with Crippen LogP contribution in [0.4, 0.5) is 0 Å². The molecule has 98 valence electrons. The van der Waals surface area contributed by atoms with Gasteiger partial charge in [0.05, 0.1) is 29.3 Å². The number of hydrogen-bond acceptors (Lipinski definition) is 4. The van der Waals surface area contributed by atoms with Crippen LogP contribution in [0.5, 0.6) is 0 Å². The van der Waals surface area contributed by atoms with Gasteiger partial charge in [0.25, 0.3) is 0 Å². The molecule has 6 nitrogen and oxygen atoms in total. The molecule has 0 atom stereocenters. The molecule has 0 aliphatic carbocycles. The Hall–Kier alpha value is -2.55. The highest BCUT2D eigenvalue weighted by Crippen LogP contribution is 2.12. The maximum absolute atomic E-state index is 11.8. The fourth-order valence-corrected chi connectivity index (χ4v) is 1.89. The summed E-state index contributed by atoms with van der Waals surface area (Å²) in [6.07, 6.45) is 0.562. The van der Waals surface area contributed by atoms with Crippen LogP contribution in [-0.4, -0.2) is 22.1 Å². The number of fused-ring (bicyclic) bond motifs is 1. The van der Waals surface area contributed by atoms with Crippen LogP contribution < -0.4 is 5.69 Å². The molecular formula is C13H13N3O3. The first-order chi connectivity index (χ1) is 9.11. The molecule has 19 heavy (non-hydrogen) atoms. The van der Waals surface area contributed by atoms with Crippen LogP contribution in [0.15, 0.2) is 23.0 Å². The van der Waals surface area contributed by atoms with Gasteiger partial charge in [-0.25, -0.2) is 4.79 Å². The van der Waals surface area contributed by atoms with Crippen LogP contribution in [-0.2, 0) is 16.1 Å². The molecule has 0 aliphatic heterocycles. The number of benzene rings is 1. The van der Waals surface area contributed by atoms with E-state index in [9.17, 15) is 9.59 Å². The van der Waals surface area contributed by atoms with Crippen molar-refractivity contribution in [2.75, 3.05) is 6.61 Å². The molecule has 2 rings (SSSR count). The highest BCUT2D eigenvalue weighted by atomic mass is 16.5. The lowest BCUT2D eigenvalue weighted by Gasteiger charge is -2.03. The molecule has 0 saturated heterocycles. The molecule has 1 aromatic carbocycles. The van der Waals surface area contributed by atoms with Gasteiger partial charge in [0.1, 0.15) is 0 Å². The number of nitriles is 1. The number of aryl methyl sites for hydroxylation is 1. The summed E-state index contributed by atoms with van der Waals surface area (Å²) in [6.45, 7) is 2.09. The average Bonchev–Trinajstić information content (AvgIpc) is 2.69. The number of carbonyl (C=O) groups is 1. The second kappa shape index (κ2) is 5.40. The van der Waals surface area contributed by atoms with Gasteiger partial charge in [0, 0.05) is 13.5 Å². The smallest absolute Gasteiger partial charge is 0.326 e. The summed E-state index contributed by atoms with van der Waals surface area (Å²) in [5.74, 6) is -0.329. The highest BCUT2D eigenvalue weighted by Gasteiger charge is 2.07. The van der Waals surface area contributed by atoms with Crippen molar-refractivity contribution in [3.8, 4) is 6.07 Å². The molecule has 0 amide bonds. The van der Waals surface area contributed by atoms with Gasteiger partial charge in [-0.1, -0.05) is 0 Å². The quantitative estimate of drug-likeness (QED) is 0.659. The number of H-pyrrole nitrogens is 1. The lowest BCUT2D eigenvalue weighted by Crippen LogP contribution is -2.18. The van der Waals surface area contributed by atoms with Gasteiger partial charge >= 0.3 is 11.7 Å². The van der Waals surface area contributed by atoms with Gasteiger partial charge in [-0.05, 0) is 24.6 Å². The standard InChI is InChI=1S/C13H13N3O3/c1-9(17)19-6-2-5-16-12-4-3-10(8-14)7-11(12)15-13(16)18/h3-4,7H,2,5-6H2,1H3,(H,15,18). The molecular weight excluding hydrogens is 246 g/mol. The number of hydrogen-bond donors (Lipinski definition) is 1. The summed E-state index contributed by atoms with van der Waals surface area (Å²) < 4.78 is 6.39. The Bertz CT molecular complexity index is 706. The second-order valence-electron chi connectivity index (χ2n) is 4.12. The van der Waals surface area contributed by atoms with E-state index >= 15 is 0 Å². The van der Waals surface area contributed by atoms with Gasteiger partial charge in [0.2, 0.25) is 0 Å². The van der Waals surface area contributed by atoms with Gasteiger partial charge in [0.15, 0.2) is 0 Å². The van der Waals surface area contributed by atoms with E-state index in [0.29, 0.717) is 24.0 Å². The highest BCUT2D eigenvalue weighted by molar-refractivity contribution is 5.76. The Kier molecular flexibility index (Phi) is 3.66. The molecule has 1 N–H and O–H groups in total. The second-order valence-corrected chi connectivity index (χ2v) is 4.12. The summed E-state index contributed by atoms with van der Waals surface area (Å²) in [7, 11) is 0. The summed E-state index contributed by atoms with van der Waals surface area (Å²) in [4.78, 5) is 25.1. The van der Waals surface area contributed by atoms with Crippen LogP contribution in [0.2, 0.25) is 0 Å². The van der Waals surface area contributed by atoms with Gasteiger partial charge in [-0.15, -0.1) is 0 Å². The number of rotatable bonds is 4. The van der Waals surface area contributed by atoms with E-state index in [0.717, 1.165) is 5.52 Å². The van der Waals surface area contributed by atoms with Crippen molar-refractivity contribution >= 4 is 17.0 Å². The number of imidazole rings is 1. The third-order valence-electron chi connectivity index (χ3n) is 2.73. The topological polar surface area (TPSA) is 87.9 Å². The molecule has 0 radical (unpaired) electrons. The average molecular weight is 259 g/mol. The first kappa shape index (κ1) is 12.9. The van der Waals surface area contributed by atoms with Crippen molar-refractivity contribution in [3.05, 3.63) is 34.2 Å². The predicted octanol–water partition coefficient (Wildman–Crippen LogP) is 1.15. The zero-order valence-corrected chi connectivity index (χ0v) is 10.5. The molecule has 6 heteroatoms. The zero-order valence-electron chi connectivity index (χ0n) is 10.5. The van der Waals surface area contributed by atoms with Crippen molar-refractivity contribution in [1.29, 1.82) is 5.26 Å². The molecule has 0 saturated carbocycles. The fraction of sp³-hybridized carbons (Fsp3) is 0.308. The maximum atomic E-state index is 11.8. The minimum atomic E-state index is -0.329. The van der Waals surface area contributed by atoms with Crippen molar-refractivity contribution in [2.45, 2.75) is 19.9 Å². The number of ether oxygens (including phenoxy) is 1. The Morgan fingerprint density at radius 1 is 1.53 bits per heavy atom. The summed E-state index contributed by atoms with van der Waals surface area (Å²) in [6, 6.07) is 7.06. The van der Waals surface area contributed by atoms with Crippen LogP contribution in [0.3, 0.4) is 0 Å². The number of esters is 1. The van der Waals surface area contributed by atoms with Crippen LogP contribution in [0, 0.1) is 11.3 Å². The molecule has 1 heterocycles. The van der Waals surface area contributed by atoms with E-state index in [1.165, 1.54) is 6.92 Å². The maximum Gasteiger partial charge on any atom is 0.326 e. The monoisotopic (exact) mass is 259 g/mol. The Morgan fingerprint density at radius 2 is 2.32 bits per heavy atom. The molecule has 0 bridgehead atoms.